The maximum Gasteiger partial charge on any atom is 0.248 e. The number of hydrogen-bond donors (Lipinski definition) is 2. The van der Waals surface area contributed by atoms with Gasteiger partial charge in [0.25, 0.3) is 0 Å². The van der Waals surface area contributed by atoms with E-state index in [0.717, 1.165) is 25.1 Å². The lowest BCUT2D eigenvalue weighted by atomic mass is 10.3. The molecular weight excluding hydrogens is 268 g/mol. The normalized spacial score (nSPS) is 10.2. The van der Waals surface area contributed by atoms with Crippen LogP contribution >= 0.6 is 0 Å². The highest BCUT2D eigenvalue weighted by molar-refractivity contribution is 5.66. The van der Waals surface area contributed by atoms with E-state index in [-0.39, 0.29) is 0 Å². The number of ether oxygens (including phenoxy) is 2. The standard InChI is InChI=1S/C15H20N4O2/c1-3-4-9-17-14-13(16)15(19-10-18-14)21-12-7-5-11(20-2)6-8-12/h5-8,10H,3-4,9,16H2,1-2H3,(H,17,18,19). The molecule has 0 aliphatic rings. The van der Waals surface area contributed by atoms with Crippen LogP contribution in [-0.4, -0.2) is 23.6 Å². The van der Waals surface area contributed by atoms with Crippen molar-refractivity contribution in [2.24, 2.45) is 0 Å². The van der Waals surface area contributed by atoms with Gasteiger partial charge < -0.3 is 20.5 Å². The fourth-order valence-corrected chi connectivity index (χ4v) is 1.74. The number of nitrogens with one attached hydrogen (secondary N) is 1. The van der Waals surface area contributed by atoms with Gasteiger partial charge in [-0.2, -0.15) is 4.98 Å². The van der Waals surface area contributed by atoms with Gasteiger partial charge in [0, 0.05) is 6.54 Å². The van der Waals surface area contributed by atoms with Crippen LogP contribution in [0.2, 0.25) is 0 Å². The molecule has 1 heterocycles. The van der Waals surface area contributed by atoms with E-state index in [2.05, 4.69) is 22.2 Å². The molecule has 0 amide bonds. The van der Waals surface area contributed by atoms with Crippen LogP contribution < -0.4 is 20.5 Å². The predicted molar refractivity (Wildman–Crippen MR) is 82.9 cm³/mol. The summed E-state index contributed by atoms with van der Waals surface area (Å²) in [6, 6.07) is 7.22. The van der Waals surface area contributed by atoms with Crippen molar-refractivity contribution in [1.82, 2.24) is 9.97 Å². The molecule has 0 spiro atoms. The summed E-state index contributed by atoms with van der Waals surface area (Å²) in [6.07, 6.45) is 3.59. The van der Waals surface area contributed by atoms with Crippen LogP contribution in [0.1, 0.15) is 19.8 Å². The van der Waals surface area contributed by atoms with Crippen LogP contribution in [0, 0.1) is 0 Å². The molecular formula is C15H20N4O2. The second-order valence-corrected chi connectivity index (χ2v) is 4.50. The van der Waals surface area contributed by atoms with Gasteiger partial charge in [-0.1, -0.05) is 13.3 Å². The smallest absolute Gasteiger partial charge is 0.248 e. The predicted octanol–water partition coefficient (Wildman–Crippen LogP) is 3.07. The molecule has 1 aromatic carbocycles. The Morgan fingerprint density at radius 3 is 2.52 bits per heavy atom. The number of nitrogen functional groups attached to an aromatic ring is 1. The molecule has 1 aromatic heterocycles. The van der Waals surface area contributed by atoms with Crippen molar-refractivity contribution in [3.8, 4) is 17.4 Å². The monoisotopic (exact) mass is 288 g/mol. The van der Waals surface area contributed by atoms with Gasteiger partial charge in [-0.25, -0.2) is 4.98 Å². The number of nitrogens with zero attached hydrogens (tertiary/aromatic N) is 2. The average molecular weight is 288 g/mol. The fraction of sp³-hybridized carbons (Fsp3) is 0.333. The number of aromatic nitrogens is 2. The Kier molecular flexibility index (Phi) is 5.20. The molecule has 3 N–H and O–H groups in total. The Balaban J connectivity index is 2.10. The van der Waals surface area contributed by atoms with Crippen molar-refractivity contribution in [3.05, 3.63) is 30.6 Å². The Hall–Kier alpha value is -2.50. The van der Waals surface area contributed by atoms with Gasteiger partial charge in [-0.3, -0.25) is 0 Å². The van der Waals surface area contributed by atoms with Crippen molar-refractivity contribution in [3.63, 3.8) is 0 Å². The molecule has 2 aromatic rings. The van der Waals surface area contributed by atoms with Crippen molar-refractivity contribution < 1.29 is 9.47 Å². The van der Waals surface area contributed by atoms with Gasteiger partial charge in [-0.15, -0.1) is 0 Å². The lowest BCUT2D eigenvalue weighted by Crippen LogP contribution is -2.07. The maximum atomic E-state index is 6.03. The highest BCUT2D eigenvalue weighted by Crippen LogP contribution is 2.29. The molecule has 0 unspecified atom stereocenters. The number of unbranched alkanes of at least 4 members (excludes halogenated alkanes) is 1. The Bertz CT molecular complexity index is 572. The molecule has 0 bridgehead atoms. The number of benzene rings is 1. The summed E-state index contributed by atoms with van der Waals surface area (Å²) in [6.45, 7) is 2.95. The zero-order valence-electron chi connectivity index (χ0n) is 12.3. The molecule has 6 heteroatoms. The van der Waals surface area contributed by atoms with Crippen LogP contribution in [0.3, 0.4) is 0 Å². The first kappa shape index (κ1) is 14.9. The van der Waals surface area contributed by atoms with E-state index in [1.54, 1.807) is 19.2 Å². The van der Waals surface area contributed by atoms with Crippen molar-refractivity contribution in [1.29, 1.82) is 0 Å². The fourth-order valence-electron chi connectivity index (χ4n) is 1.74. The highest BCUT2D eigenvalue weighted by Gasteiger charge is 2.10. The van der Waals surface area contributed by atoms with Crippen LogP contribution in [-0.2, 0) is 0 Å². The lowest BCUT2D eigenvalue weighted by molar-refractivity contribution is 0.412. The number of anilines is 2. The molecule has 0 atom stereocenters. The quantitative estimate of drug-likeness (QED) is 0.762. The van der Waals surface area contributed by atoms with Crippen molar-refractivity contribution >= 4 is 11.5 Å². The van der Waals surface area contributed by atoms with Crippen molar-refractivity contribution in [2.75, 3.05) is 24.7 Å². The summed E-state index contributed by atoms with van der Waals surface area (Å²) in [5.74, 6) is 2.34. The second-order valence-electron chi connectivity index (χ2n) is 4.50. The molecule has 0 fully saturated rings. The van der Waals surface area contributed by atoms with E-state index in [1.807, 2.05) is 12.1 Å². The third-order valence-corrected chi connectivity index (χ3v) is 2.94. The average Bonchev–Trinajstić information content (AvgIpc) is 2.52. The van der Waals surface area contributed by atoms with Crippen molar-refractivity contribution in [2.45, 2.75) is 19.8 Å². The summed E-state index contributed by atoms with van der Waals surface area (Å²) in [5.41, 5.74) is 6.44. The van der Waals surface area contributed by atoms with E-state index in [4.69, 9.17) is 15.2 Å². The first-order valence-electron chi connectivity index (χ1n) is 6.90. The van der Waals surface area contributed by atoms with Crippen LogP contribution in [0.4, 0.5) is 11.5 Å². The number of rotatable bonds is 7. The molecule has 0 radical (unpaired) electrons. The van der Waals surface area contributed by atoms with E-state index < -0.39 is 0 Å². The molecule has 0 saturated carbocycles. The van der Waals surface area contributed by atoms with Gasteiger partial charge in [-0.05, 0) is 30.7 Å². The molecule has 6 nitrogen and oxygen atoms in total. The maximum absolute atomic E-state index is 6.03. The van der Waals surface area contributed by atoms with Crippen LogP contribution in [0.5, 0.6) is 17.4 Å². The minimum atomic E-state index is 0.342. The zero-order valence-corrected chi connectivity index (χ0v) is 12.3. The minimum absolute atomic E-state index is 0.342. The molecule has 2 rings (SSSR count). The molecule has 21 heavy (non-hydrogen) atoms. The summed E-state index contributed by atoms with van der Waals surface area (Å²) in [5, 5.41) is 3.18. The molecule has 0 aliphatic carbocycles. The highest BCUT2D eigenvalue weighted by atomic mass is 16.5. The van der Waals surface area contributed by atoms with E-state index in [1.165, 1.54) is 6.33 Å². The third-order valence-electron chi connectivity index (χ3n) is 2.94. The molecule has 0 aliphatic heterocycles. The van der Waals surface area contributed by atoms with E-state index >= 15 is 0 Å². The van der Waals surface area contributed by atoms with Gasteiger partial charge in [0.1, 0.15) is 23.5 Å². The topological polar surface area (TPSA) is 82.3 Å². The van der Waals surface area contributed by atoms with Gasteiger partial charge in [0.2, 0.25) is 5.88 Å². The summed E-state index contributed by atoms with van der Waals surface area (Å²) < 4.78 is 10.8. The van der Waals surface area contributed by atoms with E-state index in [0.29, 0.717) is 23.1 Å². The van der Waals surface area contributed by atoms with E-state index in [9.17, 15) is 0 Å². The summed E-state index contributed by atoms with van der Waals surface area (Å²) in [7, 11) is 1.62. The Labute approximate surface area is 124 Å². The molecule has 112 valence electrons. The van der Waals surface area contributed by atoms with Gasteiger partial charge in [0.05, 0.1) is 7.11 Å². The number of hydrogen-bond acceptors (Lipinski definition) is 6. The number of methoxy groups -OCH3 is 1. The Morgan fingerprint density at radius 1 is 1.14 bits per heavy atom. The zero-order chi connectivity index (χ0) is 15.1. The van der Waals surface area contributed by atoms with Gasteiger partial charge in [0.15, 0.2) is 5.82 Å². The SMILES string of the molecule is CCCCNc1ncnc(Oc2ccc(OC)cc2)c1N. The molecule has 0 saturated heterocycles. The minimum Gasteiger partial charge on any atom is -0.497 e. The van der Waals surface area contributed by atoms with Gasteiger partial charge >= 0.3 is 0 Å². The summed E-state index contributed by atoms with van der Waals surface area (Å²) >= 11 is 0. The second kappa shape index (κ2) is 7.33. The number of nitrogens with two attached hydrogens (primary N) is 1. The lowest BCUT2D eigenvalue weighted by Gasteiger charge is -2.11. The first-order chi connectivity index (χ1) is 10.2. The Morgan fingerprint density at radius 2 is 1.86 bits per heavy atom. The van der Waals surface area contributed by atoms with Crippen LogP contribution in [0.15, 0.2) is 30.6 Å². The first-order valence-corrected chi connectivity index (χ1v) is 6.90. The summed E-state index contributed by atoms with van der Waals surface area (Å²) in [4.78, 5) is 8.21. The third kappa shape index (κ3) is 3.98. The van der Waals surface area contributed by atoms with Crippen LogP contribution in [0.25, 0.3) is 0 Å². The largest absolute Gasteiger partial charge is 0.497 e.